The highest BCUT2D eigenvalue weighted by atomic mass is 16.6. The van der Waals surface area contributed by atoms with Crippen molar-refractivity contribution < 1.29 is 23.9 Å². The Morgan fingerprint density at radius 1 is 0.959 bits per heavy atom. The number of anilines is 2. The van der Waals surface area contributed by atoms with Crippen LogP contribution in [-0.2, 0) is 50.5 Å². The van der Waals surface area contributed by atoms with Crippen molar-refractivity contribution in [1.82, 2.24) is 20.1 Å². The monoisotopic (exact) mass is 666 g/mol. The standard InChI is InChI=1S/C38H46N6O5/c1-36(2,3)49-35(48)43(5)22-26-9-6-7-10-27(26)23-44(34(47)37(4)14-17-39-18-15-37)24-31(45)41-29-13-12-25-20-38(21-28(25)19-29)30-11-8-16-40-32(30)42-33(38)46/h6-13,16,19,39H,14-15,17-18,20-24H2,1-5H3,(H,41,45)(H,40,42,46)/t38-/m1/s1. The van der Waals surface area contributed by atoms with Gasteiger partial charge < -0.3 is 30.5 Å². The van der Waals surface area contributed by atoms with E-state index >= 15 is 0 Å². The number of hydrogen-bond donors (Lipinski definition) is 3. The number of carbonyl (C=O) groups is 4. The number of ether oxygens (including phenoxy) is 1. The van der Waals surface area contributed by atoms with Crippen molar-refractivity contribution in [3.8, 4) is 0 Å². The van der Waals surface area contributed by atoms with E-state index in [2.05, 4.69) is 20.9 Å². The summed E-state index contributed by atoms with van der Waals surface area (Å²) < 4.78 is 5.55. The predicted molar refractivity (Wildman–Crippen MR) is 187 cm³/mol. The number of amides is 4. The van der Waals surface area contributed by atoms with E-state index in [-0.39, 0.29) is 37.4 Å². The van der Waals surface area contributed by atoms with E-state index < -0.39 is 22.5 Å². The molecule has 4 amide bonds. The third-order valence-electron chi connectivity index (χ3n) is 9.90. The van der Waals surface area contributed by atoms with Crippen molar-refractivity contribution in [2.45, 2.75) is 77.5 Å². The molecule has 3 N–H and O–H groups in total. The maximum absolute atomic E-state index is 14.2. The Morgan fingerprint density at radius 3 is 2.37 bits per heavy atom. The summed E-state index contributed by atoms with van der Waals surface area (Å²) in [6.45, 7) is 9.28. The molecule has 2 aliphatic heterocycles. The lowest BCUT2D eigenvalue weighted by Gasteiger charge is -2.37. The van der Waals surface area contributed by atoms with Gasteiger partial charge in [0.05, 0.1) is 5.41 Å². The third kappa shape index (κ3) is 7.17. The zero-order chi connectivity index (χ0) is 35.0. The van der Waals surface area contributed by atoms with Crippen molar-refractivity contribution in [3.05, 3.63) is 88.6 Å². The average molecular weight is 667 g/mol. The first kappa shape index (κ1) is 34.1. The number of rotatable bonds is 8. The number of fused-ring (bicyclic) bond motifs is 3. The fraction of sp³-hybridized carbons (Fsp3) is 0.447. The van der Waals surface area contributed by atoms with Crippen molar-refractivity contribution in [1.29, 1.82) is 0 Å². The van der Waals surface area contributed by atoms with Crippen molar-refractivity contribution in [2.75, 3.05) is 37.3 Å². The first-order valence-electron chi connectivity index (χ1n) is 17.0. The van der Waals surface area contributed by atoms with Gasteiger partial charge in [-0.15, -0.1) is 0 Å². The van der Waals surface area contributed by atoms with E-state index in [9.17, 15) is 19.2 Å². The van der Waals surface area contributed by atoms with Crippen molar-refractivity contribution in [3.63, 3.8) is 0 Å². The van der Waals surface area contributed by atoms with Crippen LogP contribution in [0, 0.1) is 5.41 Å². The van der Waals surface area contributed by atoms with Gasteiger partial charge in [-0.25, -0.2) is 9.78 Å². The Kier molecular flexibility index (Phi) is 9.23. The molecule has 3 heterocycles. The summed E-state index contributed by atoms with van der Waals surface area (Å²) in [5, 5.41) is 9.29. The van der Waals surface area contributed by atoms with Gasteiger partial charge in [0, 0.05) is 43.0 Å². The van der Waals surface area contributed by atoms with Crippen LogP contribution in [0.3, 0.4) is 0 Å². The molecule has 1 fully saturated rings. The second-order valence-electron chi connectivity index (χ2n) is 14.9. The summed E-state index contributed by atoms with van der Waals surface area (Å²) in [6.07, 6.45) is 3.67. The van der Waals surface area contributed by atoms with Crippen LogP contribution in [0.5, 0.6) is 0 Å². The second kappa shape index (κ2) is 13.3. The van der Waals surface area contributed by atoms with Crippen LogP contribution in [0.2, 0.25) is 0 Å². The third-order valence-corrected chi connectivity index (χ3v) is 9.90. The van der Waals surface area contributed by atoms with E-state index in [0.29, 0.717) is 37.2 Å². The number of aromatic nitrogens is 1. The molecule has 3 aliphatic rings. The molecule has 0 unspecified atom stereocenters. The molecule has 6 rings (SSSR count). The maximum Gasteiger partial charge on any atom is 0.410 e. The molecule has 1 aromatic heterocycles. The first-order chi connectivity index (χ1) is 23.3. The molecule has 0 saturated carbocycles. The van der Waals surface area contributed by atoms with E-state index in [1.54, 1.807) is 18.1 Å². The van der Waals surface area contributed by atoms with E-state index in [1.807, 2.05) is 82.3 Å². The number of nitrogens with one attached hydrogen (secondary N) is 3. The number of carbonyl (C=O) groups excluding carboxylic acids is 4. The molecule has 1 aliphatic carbocycles. The van der Waals surface area contributed by atoms with E-state index in [1.165, 1.54) is 4.90 Å². The number of nitrogens with zero attached hydrogens (tertiary/aromatic N) is 3. The molecular formula is C38H46N6O5. The number of hydrogen-bond acceptors (Lipinski definition) is 7. The maximum atomic E-state index is 14.2. The molecular weight excluding hydrogens is 620 g/mol. The SMILES string of the molecule is CN(Cc1ccccc1CN(CC(=O)Nc1ccc2c(c1)C[C@@]1(C2)C(=O)Nc2ncccc21)C(=O)C1(C)CCNCC1)C(=O)OC(C)(C)C. The normalized spacial score (nSPS) is 19.1. The average Bonchev–Trinajstić information content (AvgIpc) is 3.57. The molecule has 0 radical (unpaired) electrons. The molecule has 3 aromatic rings. The minimum Gasteiger partial charge on any atom is -0.444 e. The summed E-state index contributed by atoms with van der Waals surface area (Å²) in [4.78, 5) is 61.3. The second-order valence-corrected chi connectivity index (χ2v) is 14.9. The van der Waals surface area contributed by atoms with Crippen molar-refractivity contribution in [2.24, 2.45) is 5.41 Å². The Balaban J connectivity index is 1.19. The molecule has 49 heavy (non-hydrogen) atoms. The van der Waals surface area contributed by atoms with Crippen LogP contribution in [0.15, 0.2) is 60.8 Å². The van der Waals surface area contributed by atoms with Crippen LogP contribution in [0.1, 0.15) is 68.4 Å². The summed E-state index contributed by atoms with van der Waals surface area (Å²) in [5.74, 6) is 0.171. The zero-order valence-electron chi connectivity index (χ0n) is 29.0. The largest absolute Gasteiger partial charge is 0.444 e. The Hall–Kier alpha value is -4.77. The lowest BCUT2D eigenvalue weighted by Crippen LogP contribution is -2.49. The fourth-order valence-corrected chi connectivity index (χ4v) is 7.22. The molecule has 11 heteroatoms. The zero-order valence-corrected chi connectivity index (χ0v) is 29.0. The van der Waals surface area contributed by atoms with Crippen molar-refractivity contribution >= 4 is 35.3 Å². The van der Waals surface area contributed by atoms with Gasteiger partial charge in [-0.2, -0.15) is 0 Å². The molecule has 1 saturated heterocycles. The highest BCUT2D eigenvalue weighted by Crippen LogP contribution is 2.47. The van der Waals surface area contributed by atoms with E-state index in [0.717, 1.165) is 40.9 Å². The van der Waals surface area contributed by atoms with Gasteiger partial charge in [0.25, 0.3) is 0 Å². The van der Waals surface area contributed by atoms with Gasteiger partial charge in [-0.05, 0) is 100.0 Å². The van der Waals surface area contributed by atoms with Gasteiger partial charge in [0.15, 0.2) is 0 Å². The Morgan fingerprint density at radius 2 is 1.65 bits per heavy atom. The first-order valence-corrected chi connectivity index (χ1v) is 17.0. The molecule has 1 spiro atoms. The Labute approximate surface area is 287 Å². The molecule has 11 nitrogen and oxygen atoms in total. The minimum atomic E-state index is -0.701. The van der Waals surface area contributed by atoms with Crippen LogP contribution in [-0.4, -0.2) is 70.9 Å². The van der Waals surface area contributed by atoms with Crippen LogP contribution in [0.25, 0.3) is 0 Å². The van der Waals surface area contributed by atoms with Gasteiger partial charge >= 0.3 is 6.09 Å². The number of benzene rings is 2. The predicted octanol–water partition coefficient (Wildman–Crippen LogP) is 4.79. The van der Waals surface area contributed by atoms with Crippen LogP contribution in [0.4, 0.5) is 16.3 Å². The Bertz CT molecular complexity index is 1780. The van der Waals surface area contributed by atoms with Gasteiger partial charge in [0.2, 0.25) is 17.7 Å². The molecule has 0 bridgehead atoms. The highest BCUT2D eigenvalue weighted by Gasteiger charge is 2.51. The summed E-state index contributed by atoms with van der Waals surface area (Å²) in [6, 6.07) is 17.2. The number of pyridine rings is 1. The summed E-state index contributed by atoms with van der Waals surface area (Å²) >= 11 is 0. The summed E-state index contributed by atoms with van der Waals surface area (Å²) in [7, 11) is 1.69. The highest BCUT2D eigenvalue weighted by molar-refractivity contribution is 6.06. The quantitative estimate of drug-likeness (QED) is 0.315. The molecule has 1 atom stereocenters. The van der Waals surface area contributed by atoms with Gasteiger partial charge in [-0.3, -0.25) is 14.4 Å². The molecule has 2 aromatic carbocycles. The van der Waals surface area contributed by atoms with Crippen LogP contribution < -0.4 is 16.0 Å². The van der Waals surface area contributed by atoms with E-state index in [4.69, 9.17) is 4.74 Å². The number of piperidine rings is 1. The smallest absolute Gasteiger partial charge is 0.410 e. The van der Waals surface area contributed by atoms with Gasteiger partial charge in [0.1, 0.15) is 18.0 Å². The topological polar surface area (TPSA) is 133 Å². The lowest BCUT2D eigenvalue weighted by atomic mass is 9.79. The lowest BCUT2D eigenvalue weighted by molar-refractivity contribution is -0.145. The molecule has 258 valence electrons. The van der Waals surface area contributed by atoms with Crippen LogP contribution >= 0.6 is 0 Å². The fourth-order valence-electron chi connectivity index (χ4n) is 7.22. The van der Waals surface area contributed by atoms with Gasteiger partial charge in [-0.1, -0.05) is 43.3 Å². The summed E-state index contributed by atoms with van der Waals surface area (Å²) in [5.41, 5.74) is 3.37. The minimum absolute atomic E-state index is 0.0545.